The Labute approximate surface area is 147 Å². The minimum atomic E-state index is -0.926. The van der Waals surface area contributed by atoms with Gasteiger partial charge in [0.05, 0.1) is 12.1 Å². The number of hydrogen-bond acceptors (Lipinski definition) is 6. The SMILES string of the molecule is Cc1cc(N2CC[C@@](O)(CN(C)C(=O)CCN)C2)c2cnccc2n1. The largest absolute Gasteiger partial charge is 0.386 e. The van der Waals surface area contributed by atoms with Crippen molar-refractivity contribution < 1.29 is 9.90 Å². The third-order valence-corrected chi connectivity index (χ3v) is 4.70. The monoisotopic (exact) mass is 343 g/mol. The van der Waals surface area contributed by atoms with E-state index in [1.54, 1.807) is 18.1 Å². The topological polar surface area (TPSA) is 95.6 Å². The van der Waals surface area contributed by atoms with E-state index in [-0.39, 0.29) is 5.91 Å². The molecule has 0 aromatic carbocycles. The smallest absolute Gasteiger partial charge is 0.223 e. The maximum Gasteiger partial charge on any atom is 0.223 e. The van der Waals surface area contributed by atoms with E-state index in [0.717, 1.165) is 28.8 Å². The van der Waals surface area contributed by atoms with Crippen LogP contribution in [0.4, 0.5) is 5.69 Å². The summed E-state index contributed by atoms with van der Waals surface area (Å²) in [5.74, 6) is -0.0382. The van der Waals surface area contributed by atoms with Crippen molar-refractivity contribution in [1.29, 1.82) is 0 Å². The lowest BCUT2D eigenvalue weighted by Gasteiger charge is -2.29. The second kappa shape index (κ2) is 6.93. The number of pyridine rings is 2. The highest BCUT2D eigenvalue weighted by molar-refractivity contribution is 5.91. The van der Waals surface area contributed by atoms with E-state index in [2.05, 4.69) is 14.9 Å². The van der Waals surface area contributed by atoms with E-state index >= 15 is 0 Å². The summed E-state index contributed by atoms with van der Waals surface area (Å²) in [6, 6.07) is 3.92. The molecule has 1 aliphatic heterocycles. The van der Waals surface area contributed by atoms with Gasteiger partial charge in [0.25, 0.3) is 0 Å². The predicted molar refractivity (Wildman–Crippen MR) is 97.4 cm³/mol. The van der Waals surface area contributed by atoms with Crippen LogP contribution in [0.3, 0.4) is 0 Å². The summed E-state index contributed by atoms with van der Waals surface area (Å²) >= 11 is 0. The van der Waals surface area contributed by atoms with Gasteiger partial charge >= 0.3 is 0 Å². The molecular weight excluding hydrogens is 318 g/mol. The molecule has 2 aromatic heterocycles. The number of aliphatic hydroxyl groups is 1. The number of amides is 1. The number of β-amino-alcohol motifs (C(OH)–C–C–N with tert-alkyl or cyclic N) is 1. The van der Waals surface area contributed by atoms with Gasteiger partial charge in [0, 0.05) is 62.3 Å². The lowest BCUT2D eigenvalue weighted by molar-refractivity contribution is -0.132. The summed E-state index contributed by atoms with van der Waals surface area (Å²) in [6.45, 7) is 3.79. The molecule has 0 bridgehead atoms. The van der Waals surface area contributed by atoms with Crippen molar-refractivity contribution >= 4 is 22.5 Å². The average Bonchev–Trinajstić information content (AvgIpc) is 2.96. The van der Waals surface area contributed by atoms with Crippen LogP contribution < -0.4 is 10.6 Å². The number of carbonyl (C=O) groups excluding carboxylic acids is 1. The number of hydrogen-bond donors (Lipinski definition) is 2. The number of nitrogens with zero attached hydrogens (tertiary/aromatic N) is 4. The highest BCUT2D eigenvalue weighted by Crippen LogP contribution is 2.32. The molecule has 0 aliphatic carbocycles. The average molecular weight is 343 g/mol. The van der Waals surface area contributed by atoms with E-state index in [1.807, 2.05) is 25.3 Å². The molecule has 1 saturated heterocycles. The molecule has 3 heterocycles. The number of anilines is 1. The minimum Gasteiger partial charge on any atom is -0.386 e. The van der Waals surface area contributed by atoms with Crippen molar-refractivity contribution in [3.05, 3.63) is 30.2 Å². The predicted octanol–water partition coefficient (Wildman–Crippen LogP) is 0.687. The molecule has 0 spiro atoms. The molecular formula is C18H25N5O2. The van der Waals surface area contributed by atoms with Gasteiger partial charge in [-0.25, -0.2) is 0 Å². The highest BCUT2D eigenvalue weighted by Gasteiger charge is 2.38. The maximum absolute atomic E-state index is 11.9. The Morgan fingerprint density at radius 1 is 1.52 bits per heavy atom. The third-order valence-electron chi connectivity index (χ3n) is 4.70. The molecule has 3 N–H and O–H groups in total. The molecule has 1 atom stereocenters. The van der Waals surface area contributed by atoms with Crippen LogP contribution >= 0.6 is 0 Å². The first-order valence-electron chi connectivity index (χ1n) is 8.54. The zero-order chi connectivity index (χ0) is 18.0. The summed E-state index contributed by atoms with van der Waals surface area (Å²) < 4.78 is 0. The van der Waals surface area contributed by atoms with Crippen LogP contribution in [0.15, 0.2) is 24.5 Å². The van der Waals surface area contributed by atoms with Crippen LogP contribution in [-0.4, -0.2) is 64.7 Å². The molecule has 134 valence electrons. The highest BCUT2D eigenvalue weighted by atomic mass is 16.3. The van der Waals surface area contributed by atoms with E-state index < -0.39 is 5.60 Å². The Morgan fingerprint density at radius 3 is 3.08 bits per heavy atom. The number of carbonyl (C=O) groups is 1. The van der Waals surface area contributed by atoms with Gasteiger partial charge in [-0.2, -0.15) is 0 Å². The van der Waals surface area contributed by atoms with Gasteiger partial charge in [-0.1, -0.05) is 0 Å². The van der Waals surface area contributed by atoms with Gasteiger partial charge in [-0.15, -0.1) is 0 Å². The molecule has 0 saturated carbocycles. The molecule has 2 aromatic rings. The van der Waals surface area contributed by atoms with Crippen LogP contribution in [-0.2, 0) is 4.79 Å². The second-order valence-electron chi connectivity index (χ2n) is 6.86. The number of fused-ring (bicyclic) bond motifs is 1. The van der Waals surface area contributed by atoms with E-state index in [4.69, 9.17) is 5.73 Å². The molecule has 0 radical (unpaired) electrons. The van der Waals surface area contributed by atoms with Gasteiger partial charge < -0.3 is 20.6 Å². The quantitative estimate of drug-likeness (QED) is 0.829. The summed E-state index contributed by atoms with van der Waals surface area (Å²) in [4.78, 5) is 24.4. The normalized spacial score (nSPS) is 20.2. The van der Waals surface area contributed by atoms with Crippen LogP contribution in [0, 0.1) is 6.92 Å². The van der Waals surface area contributed by atoms with Crippen molar-refractivity contribution in [2.45, 2.75) is 25.4 Å². The number of rotatable bonds is 5. The standard InChI is InChI=1S/C18H25N5O2/c1-13-9-16(14-10-20-7-4-15(14)21-13)23-8-5-18(25,12-23)11-22(2)17(24)3-6-19/h4,7,9-10,25H,3,5-6,8,11-12,19H2,1-2H3/t18-/m1/s1. The molecule has 7 heteroatoms. The lowest BCUT2D eigenvalue weighted by atomic mass is 10.0. The van der Waals surface area contributed by atoms with Gasteiger partial charge in [0.1, 0.15) is 5.60 Å². The van der Waals surface area contributed by atoms with Crippen LogP contribution in [0.25, 0.3) is 10.9 Å². The molecule has 25 heavy (non-hydrogen) atoms. The Bertz CT molecular complexity index is 781. The van der Waals surface area contributed by atoms with E-state index in [9.17, 15) is 9.90 Å². The fraction of sp³-hybridized carbons (Fsp3) is 0.500. The third kappa shape index (κ3) is 3.72. The minimum absolute atomic E-state index is 0.0382. The first kappa shape index (κ1) is 17.6. The summed E-state index contributed by atoms with van der Waals surface area (Å²) in [5.41, 5.74) is 7.38. The summed E-state index contributed by atoms with van der Waals surface area (Å²) in [6.07, 6.45) is 4.45. The number of aromatic nitrogens is 2. The lowest BCUT2D eigenvalue weighted by Crippen LogP contribution is -2.46. The molecule has 0 unspecified atom stereocenters. The van der Waals surface area contributed by atoms with Gasteiger partial charge in [-0.3, -0.25) is 14.8 Å². The number of likely N-dealkylation sites (N-methyl/N-ethyl adjacent to an activating group) is 1. The number of aryl methyl sites for hydroxylation is 1. The Balaban J connectivity index is 1.80. The summed E-state index contributed by atoms with van der Waals surface area (Å²) in [7, 11) is 1.72. The van der Waals surface area contributed by atoms with Gasteiger partial charge in [-0.05, 0) is 25.5 Å². The Kier molecular flexibility index (Phi) is 4.87. The first-order chi connectivity index (χ1) is 11.9. The van der Waals surface area contributed by atoms with Crippen LogP contribution in [0.1, 0.15) is 18.5 Å². The van der Waals surface area contributed by atoms with Gasteiger partial charge in [0.2, 0.25) is 5.91 Å². The second-order valence-corrected chi connectivity index (χ2v) is 6.86. The Morgan fingerprint density at radius 2 is 2.32 bits per heavy atom. The molecule has 7 nitrogen and oxygen atoms in total. The first-order valence-corrected chi connectivity index (χ1v) is 8.54. The van der Waals surface area contributed by atoms with Crippen molar-refractivity contribution in [1.82, 2.24) is 14.9 Å². The fourth-order valence-electron chi connectivity index (χ4n) is 3.48. The van der Waals surface area contributed by atoms with Crippen molar-refractivity contribution in [2.75, 3.05) is 38.1 Å². The van der Waals surface area contributed by atoms with Crippen molar-refractivity contribution in [2.24, 2.45) is 5.73 Å². The molecule has 1 aliphatic rings. The van der Waals surface area contributed by atoms with Crippen LogP contribution in [0.5, 0.6) is 0 Å². The summed E-state index contributed by atoms with van der Waals surface area (Å²) in [5, 5.41) is 11.9. The number of nitrogens with two attached hydrogens (primary N) is 1. The van der Waals surface area contributed by atoms with E-state index in [1.165, 1.54) is 0 Å². The van der Waals surface area contributed by atoms with Crippen molar-refractivity contribution in [3.63, 3.8) is 0 Å². The zero-order valence-corrected chi connectivity index (χ0v) is 14.8. The molecule has 3 rings (SSSR count). The van der Waals surface area contributed by atoms with Gasteiger partial charge in [0.15, 0.2) is 0 Å². The fourth-order valence-corrected chi connectivity index (χ4v) is 3.48. The van der Waals surface area contributed by atoms with E-state index in [0.29, 0.717) is 32.5 Å². The molecule has 1 amide bonds. The zero-order valence-electron chi connectivity index (χ0n) is 14.8. The van der Waals surface area contributed by atoms with Crippen molar-refractivity contribution in [3.8, 4) is 0 Å². The molecule has 1 fully saturated rings. The van der Waals surface area contributed by atoms with Crippen LogP contribution in [0.2, 0.25) is 0 Å². The maximum atomic E-state index is 11.9. The Hall–Kier alpha value is -2.25.